The molecule has 0 amide bonds. The van der Waals surface area contributed by atoms with Gasteiger partial charge in [0.05, 0.1) is 14.2 Å². The number of hydrogen-bond acceptors (Lipinski definition) is 4. The van der Waals surface area contributed by atoms with Crippen molar-refractivity contribution in [3.8, 4) is 11.5 Å². The second-order valence-corrected chi connectivity index (χ2v) is 6.94. The fourth-order valence-electron chi connectivity index (χ4n) is 2.64. The summed E-state index contributed by atoms with van der Waals surface area (Å²) in [4.78, 5) is 0. The van der Waals surface area contributed by atoms with Crippen LogP contribution in [0.4, 0.5) is 0 Å². The Hall–Kier alpha value is -1.07. The summed E-state index contributed by atoms with van der Waals surface area (Å²) in [5, 5.41) is 0.334. The van der Waals surface area contributed by atoms with Gasteiger partial charge in [0, 0.05) is 27.8 Å². The summed E-state index contributed by atoms with van der Waals surface area (Å²) in [5.41, 5.74) is 7.13. The Morgan fingerprint density at radius 1 is 1.25 bits per heavy atom. The molecule has 0 aliphatic heterocycles. The van der Waals surface area contributed by atoms with Crippen molar-refractivity contribution in [2.24, 2.45) is 5.73 Å². The van der Waals surface area contributed by atoms with Crippen LogP contribution in [0.1, 0.15) is 37.3 Å². The maximum Gasteiger partial charge on any atom is 0.161 e. The third-order valence-electron chi connectivity index (χ3n) is 3.85. The van der Waals surface area contributed by atoms with E-state index in [0.717, 1.165) is 18.4 Å². The van der Waals surface area contributed by atoms with Gasteiger partial charge < -0.3 is 15.2 Å². The van der Waals surface area contributed by atoms with Crippen LogP contribution in [0.25, 0.3) is 0 Å². The van der Waals surface area contributed by atoms with E-state index >= 15 is 0 Å². The molecular weight excluding hydrogens is 274 g/mol. The molecule has 2 rings (SSSR count). The maximum atomic E-state index is 12.3. The molecule has 1 aromatic rings. The van der Waals surface area contributed by atoms with Crippen LogP contribution in [0, 0.1) is 0 Å². The topological polar surface area (TPSA) is 61.5 Å². The first-order chi connectivity index (χ1) is 9.65. The number of hydrogen-bond donors (Lipinski definition) is 1. The molecule has 0 spiro atoms. The van der Waals surface area contributed by atoms with Gasteiger partial charge in [-0.15, -0.1) is 0 Å². The van der Waals surface area contributed by atoms with E-state index in [1.54, 1.807) is 14.2 Å². The van der Waals surface area contributed by atoms with E-state index in [9.17, 15) is 4.21 Å². The second-order valence-electron chi connectivity index (χ2n) is 5.17. The van der Waals surface area contributed by atoms with Crippen molar-refractivity contribution >= 4 is 10.8 Å². The fraction of sp³-hybridized carbons (Fsp3) is 0.600. The van der Waals surface area contributed by atoms with Gasteiger partial charge in [0.15, 0.2) is 11.5 Å². The van der Waals surface area contributed by atoms with E-state index in [1.807, 2.05) is 18.2 Å². The highest BCUT2D eigenvalue weighted by atomic mass is 32.2. The lowest BCUT2D eigenvalue weighted by Crippen LogP contribution is -2.23. The number of rotatable bonds is 6. The number of benzene rings is 1. The molecule has 5 heteroatoms. The Labute approximate surface area is 123 Å². The summed E-state index contributed by atoms with van der Waals surface area (Å²) in [6.07, 6.45) is 4.54. The zero-order chi connectivity index (χ0) is 14.5. The summed E-state index contributed by atoms with van der Waals surface area (Å²) in [6, 6.07) is 5.40. The molecule has 0 heterocycles. The lowest BCUT2D eigenvalue weighted by molar-refractivity contribution is 0.354. The highest BCUT2D eigenvalue weighted by Crippen LogP contribution is 2.30. The lowest BCUT2D eigenvalue weighted by atomic mass is 10.1. The third-order valence-corrected chi connectivity index (χ3v) is 5.76. The molecular formula is C15H23NO3S. The summed E-state index contributed by atoms with van der Waals surface area (Å²) in [6.45, 7) is 0. The molecule has 2 N–H and O–H groups in total. The summed E-state index contributed by atoms with van der Waals surface area (Å²) >= 11 is 0. The van der Waals surface area contributed by atoms with Crippen LogP contribution >= 0.6 is 0 Å². The van der Waals surface area contributed by atoms with Crippen LogP contribution in [0.15, 0.2) is 18.2 Å². The summed E-state index contributed by atoms with van der Waals surface area (Å²) in [7, 11) is 2.37. The van der Waals surface area contributed by atoms with Crippen LogP contribution in [0.5, 0.6) is 11.5 Å². The van der Waals surface area contributed by atoms with Gasteiger partial charge in [-0.2, -0.15) is 0 Å². The van der Waals surface area contributed by atoms with E-state index in [0.29, 0.717) is 22.5 Å². The Bertz CT molecular complexity index is 472. The first-order valence-corrected chi connectivity index (χ1v) is 8.38. The average molecular weight is 297 g/mol. The van der Waals surface area contributed by atoms with E-state index in [2.05, 4.69) is 0 Å². The van der Waals surface area contributed by atoms with Gasteiger partial charge in [0.2, 0.25) is 0 Å². The molecule has 0 radical (unpaired) electrons. The van der Waals surface area contributed by atoms with Gasteiger partial charge in [-0.1, -0.05) is 18.9 Å². The van der Waals surface area contributed by atoms with Crippen molar-refractivity contribution in [2.45, 2.75) is 37.0 Å². The smallest absolute Gasteiger partial charge is 0.161 e. The van der Waals surface area contributed by atoms with Crippen LogP contribution in [0.2, 0.25) is 0 Å². The van der Waals surface area contributed by atoms with Crippen molar-refractivity contribution in [1.82, 2.24) is 0 Å². The predicted octanol–water partition coefficient (Wildman–Crippen LogP) is 2.39. The highest BCUT2D eigenvalue weighted by Gasteiger charge is 2.23. The Morgan fingerprint density at radius 2 is 1.90 bits per heavy atom. The summed E-state index contributed by atoms with van der Waals surface area (Å²) < 4.78 is 22.8. The fourth-order valence-corrected chi connectivity index (χ4v) is 4.32. The van der Waals surface area contributed by atoms with Gasteiger partial charge in [0.25, 0.3) is 0 Å². The van der Waals surface area contributed by atoms with Gasteiger partial charge in [-0.05, 0) is 30.5 Å². The van der Waals surface area contributed by atoms with Crippen LogP contribution in [0.3, 0.4) is 0 Å². The maximum absolute atomic E-state index is 12.3. The molecule has 1 fully saturated rings. The van der Waals surface area contributed by atoms with Crippen molar-refractivity contribution in [2.75, 3.05) is 20.0 Å². The Balaban J connectivity index is 2.04. The Kier molecular flexibility index (Phi) is 5.43. The van der Waals surface area contributed by atoms with Crippen molar-refractivity contribution < 1.29 is 13.7 Å². The number of ether oxygens (including phenoxy) is 2. The van der Waals surface area contributed by atoms with Crippen molar-refractivity contribution in [3.05, 3.63) is 23.8 Å². The SMILES string of the molecule is COc1ccc(C(N)CS(=O)C2CCCC2)cc1OC. The highest BCUT2D eigenvalue weighted by molar-refractivity contribution is 7.85. The number of methoxy groups -OCH3 is 2. The molecule has 1 aliphatic rings. The van der Waals surface area contributed by atoms with Gasteiger partial charge >= 0.3 is 0 Å². The second kappa shape index (κ2) is 7.09. The summed E-state index contributed by atoms with van der Waals surface area (Å²) in [5.74, 6) is 1.85. The van der Waals surface area contributed by atoms with Gasteiger partial charge in [0.1, 0.15) is 0 Å². The lowest BCUT2D eigenvalue weighted by Gasteiger charge is -2.17. The van der Waals surface area contributed by atoms with Crippen LogP contribution < -0.4 is 15.2 Å². The molecule has 2 unspecified atom stereocenters. The molecule has 0 saturated heterocycles. The largest absolute Gasteiger partial charge is 0.493 e. The van der Waals surface area contributed by atoms with Crippen molar-refractivity contribution in [1.29, 1.82) is 0 Å². The van der Waals surface area contributed by atoms with Crippen molar-refractivity contribution in [3.63, 3.8) is 0 Å². The van der Waals surface area contributed by atoms with E-state index in [4.69, 9.17) is 15.2 Å². The number of nitrogens with two attached hydrogens (primary N) is 1. The molecule has 1 aliphatic carbocycles. The minimum absolute atomic E-state index is 0.226. The average Bonchev–Trinajstić information content (AvgIpc) is 3.00. The van der Waals surface area contributed by atoms with E-state index in [1.165, 1.54) is 12.8 Å². The molecule has 112 valence electrons. The first kappa shape index (κ1) is 15.3. The molecule has 1 aromatic carbocycles. The van der Waals surface area contributed by atoms with E-state index < -0.39 is 10.8 Å². The zero-order valence-electron chi connectivity index (χ0n) is 12.1. The predicted molar refractivity (Wildman–Crippen MR) is 81.7 cm³/mol. The Morgan fingerprint density at radius 3 is 2.50 bits per heavy atom. The van der Waals surface area contributed by atoms with E-state index in [-0.39, 0.29) is 6.04 Å². The van der Waals surface area contributed by atoms with Gasteiger partial charge in [-0.25, -0.2) is 0 Å². The molecule has 1 saturated carbocycles. The molecule has 4 nitrogen and oxygen atoms in total. The van der Waals surface area contributed by atoms with Crippen LogP contribution in [-0.4, -0.2) is 29.4 Å². The minimum Gasteiger partial charge on any atom is -0.493 e. The molecule has 0 bridgehead atoms. The zero-order valence-corrected chi connectivity index (χ0v) is 12.9. The molecule has 20 heavy (non-hydrogen) atoms. The van der Waals surface area contributed by atoms with Gasteiger partial charge in [-0.3, -0.25) is 4.21 Å². The standard InChI is InChI=1S/C15H23NO3S/c1-18-14-8-7-11(9-15(14)19-2)13(16)10-20(17)12-5-3-4-6-12/h7-9,12-13H,3-6,10,16H2,1-2H3. The third kappa shape index (κ3) is 3.52. The quantitative estimate of drug-likeness (QED) is 0.876. The normalized spacial score (nSPS) is 18.8. The molecule has 2 atom stereocenters. The van der Waals surface area contributed by atoms with Crippen LogP contribution in [-0.2, 0) is 10.8 Å². The molecule has 0 aromatic heterocycles. The first-order valence-electron chi connectivity index (χ1n) is 7.00. The monoisotopic (exact) mass is 297 g/mol. The minimum atomic E-state index is -0.839.